The summed E-state index contributed by atoms with van der Waals surface area (Å²) in [5.74, 6) is 0.193. The van der Waals surface area contributed by atoms with Gasteiger partial charge in [0, 0.05) is 0 Å². The van der Waals surface area contributed by atoms with Gasteiger partial charge in [-0.05, 0) is 63.9 Å². The van der Waals surface area contributed by atoms with Gasteiger partial charge in [0.1, 0.15) is 5.82 Å². The summed E-state index contributed by atoms with van der Waals surface area (Å²) in [6.45, 7) is 4.18. The zero-order valence-electron chi connectivity index (χ0n) is 12.4. The van der Waals surface area contributed by atoms with Gasteiger partial charge in [0.25, 0.3) is 0 Å². The molecule has 1 atom stereocenters. The van der Waals surface area contributed by atoms with Crippen LogP contribution in [0.5, 0.6) is 0 Å². The van der Waals surface area contributed by atoms with Gasteiger partial charge in [0.15, 0.2) is 9.84 Å². The number of nitrogens with one attached hydrogen (secondary N) is 1. The summed E-state index contributed by atoms with van der Waals surface area (Å²) in [5, 5.41) is 2.77. The quantitative estimate of drug-likeness (QED) is 0.802. The summed E-state index contributed by atoms with van der Waals surface area (Å²) in [5.41, 5.74) is 1.04. The first-order valence-electron chi connectivity index (χ1n) is 6.95. The molecule has 1 N–H and O–H groups in total. The highest BCUT2D eigenvalue weighted by atomic mass is 32.2. The Morgan fingerprint density at radius 2 is 1.80 bits per heavy atom. The number of sulfone groups is 1. The minimum absolute atomic E-state index is 0.207. The monoisotopic (exact) mass is 301 g/mol. The highest BCUT2D eigenvalue weighted by Crippen LogP contribution is 2.15. The van der Waals surface area contributed by atoms with E-state index in [4.69, 9.17) is 0 Å². The van der Waals surface area contributed by atoms with Crippen molar-refractivity contribution in [1.29, 1.82) is 0 Å². The lowest BCUT2D eigenvalue weighted by Crippen LogP contribution is -2.25. The molecule has 0 aliphatic heterocycles. The molecule has 1 aromatic carbocycles. The van der Waals surface area contributed by atoms with Crippen LogP contribution in [0.1, 0.15) is 25.8 Å². The molecule has 0 amide bonds. The average molecular weight is 301 g/mol. The maximum atomic E-state index is 12.9. The van der Waals surface area contributed by atoms with Gasteiger partial charge in [-0.25, -0.2) is 12.8 Å². The zero-order valence-corrected chi connectivity index (χ0v) is 13.2. The third-order valence-corrected chi connectivity index (χ3v) is 5.70. The Kier molecular flexibility index (Phi) is 6.62. The molecular weight excluding hydrogens is 277 g/mol. The number of halogens is 1. The lowest BCUT2D eigenvalue weighted by Gasteiger charge is -2.17. The smallest absolute Gasteiger partial charge is 0.152 e. The molecule has 1 rings (SSSR count). The van der Waals surface area contributed by atoms with Gasteiger partial charge >= 0.3 is 0 Å². The summed E-state index contributed by atoms with van der Waals surface area (Å²) in [6, 6.07) is 6.40. The zero-order chi connectivity index (χ0) is 15.2. The molecule has 0 aliphatic rings. The third kappa shape index (κ3) is 5.59. The van der Waals surface area contributed by atoms with Crippen LogP contribution in [0.2, 0.25) is 0 Å². The third-order valence-electron chi connectivity index (χ3n) is 3.46. The standard InChI is InChI=1S/C15H24FNO2S/c1-12(2)20(18,19)9-8-14(11-17-3)10-13-4-6-15(16)7-5-13/h4-7,12,14,17H,8-11H2,1-3H3. The van der Waals surface area contributed by atoms with Gasteiger partial charge in [-0.2, -0.15) is 0 Å². The Bertz CT molecular complexity index is 497. The maximum absolute atomic E-state index is 12.9. The molecule has 0 aliphatic carbocycles. The van der Waals surface area contributed by atoms with Crippen molar-refractivity contribution in [2.45, 2.75) is 31.9 Å². The molecule has 0 heterocycles. The summed E-state index contributed by atoms with van der Waals surface area (Å²) >= 11 is 0. The largest absolute Gasteiger partial charge is 0.319 e. The van der Waals surface area contributed by atoms with Crippen LogP contribution in [0.25, 0.3) is 0 Å². The van der Waals surface area contributed by atoms with Crippen molar-refractivity contribution in [3.8, 4) is 0 Å². The van der Waals surface area contributed by atoms with Crippen molar-refractivity contribution >= 4 is 9.84 Å². The summed E-state index contributed by atoms with van der Waals surface area (Å²) in [7, 11) is -1.14. The van der Waals surface area contributed by atoms with E-state index in [1.54, 1.807) is 26.0 Å². The van der Waals surface area contributed by atoms with Crippen molar-refractivity contribution < 1.29 is 12.8 Å². The van der Waals surface area contributed by atoms with Gasteiger partial charge in [-0.3, -0.25) is 0 Å². The van der Waals surface area contributed by atoms with Crippen molar-refractivity contribution in [2.75, 3.05) is 19.3 Å². The van der Waals surface area contributed by atoms with Crippen LogP contribution in [0.3, 0.4) is 0 Å². The normalized spacial score (nSPS) is 13.7. The Morgan fingerprint density at radius 3 is 2.30 bits per heavy atom. The SMILES string of the molecule is CNCC(CCS(=O)(=O)C(C)C)Cc1ccc(F)cc1. The van der Waals surface area contributed by atoms with Crippen molar-refractivity contribution in [2.24, 2.45) is 5.92 Å². The first kappa shape index (κ1) is 17.1. The minimum Gasteiger partial charge on any atom is -0.319 e. The summed E-state index contributed by atoms with van der Waals surface area (Å²) in [4.78, 5) is 0. The van der Waals surface area contributed by atoms with Crippen LogP contribution in [0.15, 0.2) is 24.3 Å². The molecule has 0 saturated heterocycles. The highest BCUT2D eigenvalue weighted by Gasteiger charge is 2.19. The number of benzene rings is 1. The second kappa shape index (κ2) is 7.74. The van der Waals surface area contributed by atoms with Crippen LogP contribution in [0.4, 0.5) is 4.39 Å². The molecule has 5 heteroatoms. The molecule has 0 radical (unpaired) electrons. The second-order valence-corrected chi connectivity index (χ2v) is 8.14. The van der Waals surface area contributed by atoms with Crippen molar-refractivity contribution in [1.82, 2.24) is 5.32 Å². The molecule has 114 valence electrons. The van der Waals surface area contributed by atoms with Crippen LogP contribution < -0.4 is 5.32 Å². The van der Waals surface area contributed by atoms with E-state index in [0.29, 0.717) is 6.42 Å². The predicted octanol–water partition coefficient (Wildman–Crippen LogP) is 2.42. The lowest BCUT2D eigenvalue weighted by molar-refractivity contribution is 0.476. The van der Waals surface area contributed by atoms with Gasteiger partial charge in [-0.15, -0.1) is 0 Å². The van der Waals surface area contributed by atoms with E-state index >= 15 is 0 Å². The molecular formula is C15H24FNO2S. The first-order chi connectivity index (χ1) is 9.35. The molecule has 0 fully saturated rings. The van der Waals surface area contributed by atoms with Gasteiger partial charge < -0.3 is 5.32 Å². The minimum atomic E-state index is -3.00. The molecule has 20 heavy (non-hydrogen) atoms. The Balaban J connectivity index is 2.63. The first-order valence-corrected chi connectivity index (χ1v) is 8.67. The fourth-order valence-corrected chi connectivity index (χ4v) is 3.22. The molecule has 0 spiro atoms. The average Bonchev–Trinajstić information content (AvgIpc) is 2.39. The number of rotatable bonds is 8. The van der Waals surface area contributed by atoms with E-state index in [0.717, 1.165) is 18.5 Å². The second-order valence-electron chi connectivity index (χ2n) is 5.46. The molecule has 0 saturated carbocycles. The Morgan fingerprint density at radius 1 is 1.20 bits per heavy atom. The van der Waals surface area contributed by atoms with Crippen molar-refractivity contribution in [3.63, 3.8) is 0 Å². The van der Waals surface area contributed by atoms with Gasteiger partial charge in [0.05, 0.1) is 11.0 Å². The summed E-state index contributed by atoms with van der Waals surface area (Å²) < 4.78 is 36.6. The molecule has 1 aromatic rings. The highest BCUT2D eigenvalue weighted by molar-refractivity contribution is 7.91. The van der Waals surface area contributed by atoms with Crippen molar-refractivity contribution in [3.05, 3.63) is 35.6 Å². The summed E-state index contributed by atoms with van der Waals surface area (Å²) in [6.07, 6.45) is 1.38. The number of hydrogen-bond acceptors (Lipinski definition) is 3. The van der Waals surface area contributed by atoms with Gasteiger partial charge in [-0.1, -0.05) is 12.1 Å². The molecule has 1 unspecified atom stereocenters. The van der Waals surface area contributed by atoms with E-state index in [1.165, 1.54) is 12.1 Å². The topological polar surface area (TPSA) is 46.2 Å². The molecule has 0 bridgehead atoms. The predicted molar refractivity (Wildman–Crippen MR) is 81.1 cm³/mol. The van der Waals surface area contributed by atoms with E-state index in [9.17, 15) is 12.8 Å². The van der Waals surface area contributed by atoms with Crippen LogP contribution >= 0.6 is 0 Å². The fourth-order valence-electron chi connectivity index (χ4n) is 2.09. The van der Waals surface area contributed by atoms with E-state index in [1.807, 2.05) is 7.05 Å². The van der Waals surface area contributed by atoms with Crippen LogP contribution in [0, 0.1) is 11.7 Å². The lowest BCUT2D eigenvalue weighted by atomic mass is 9.97. The van der Waals surface area contributed by atoms with Gasteiger partial charge in [0.2, 0.25) is 0 Å². The Hall–Kier alpha value is -0.940. The van der Waals surface area contributed by atoms with E-state index < -0.39 is 9.84 Å². The Labute approximate surface area is 121 Å². The van der Waals surface area contributed by atoms with Crippen LogP contribution in [-0.4, -0.2) is 33.0 Å². The number of hydrogen-bond donors (Lipinski definition) is 1. The maximum Gasteiger partial charge on any atom is 0.152 e. The van der Waals surface area contributed by atoms with Crippen LogP contribution in [-0.2, 0) is 16.3 Å². The fraction of sp³-hybridized carbons (Fsp3) is 0.600. The van der Waals surface area contributed by atoms with E-state index in [-0.39, 0.29) is 22.7 Å². The molecule has 3 nitrogen and oxygen atoms in total. The molecule has 0 aromatic heterocycles. The van der Waals surface area contributed by atoms with E-state index in [2.05, 4.69) is 5.32 Å².